The Bertz CT molecular complexity index is 450. The average Bonchev–Trinajstić information content (AvgIpc) is 2.47. The van der Waals surface area contributed by atoms with Crippen LogP contribution in [0.25, 0.3) is 0 Å². The van der Waals surface area contributed by atoms with Gasteiger partial charge < -0.3 is 15.3 Å². The summed E-state index contributed by atoms with van der Waals surface area (Å²) in [4.78, 5) is 11.2. The van der Waals surface area contributed by atoms with Crippen LogP contribution < -0.4 is 10.2 Å². The standard InChI is InChI=1S/C15H24N4O/c1-16-8-12-9-17-14(18-10-12)19-7-6-15(20)5-3-2-4-13(15)11-19/h9-10,13,16,20H,2-8,11H2,1H3. The Morgan fingerprint density at radius 1 is 1.35 bits per heavy atom. The van der Waals surface area contributed by atoms with Crippen LogP contribution in [0.5, 0.6) is 0 Å². The van der Waals surface area contributed by atoms with E-state index in [0.717, 1.165) is 50.4 Å². The van der Waals surface area contributed by atoms with Crippen molar-refractivity contribution in [2.45, 2.75) is 44.2 Å². The van der Waals surface area contributed by atoms with Crippen LogP contribution >= 0.6 is 0 Å². The zero-order valence-corrected chi connectivity index (χ0v) is 12.2. The van der Waals surface area contributed by atoms with Crippen molar-refractivity contribution in [1.82, 2.24) is 15.3 Å². The zero-order valence-electron chi connectivity index (χ0n) is 12.2. The van der Waals surface area contributed by atoms with Gasteiger partial charge in [-0.2, -0.15) is 0 Å². The maximum Gasteiger partial charge on any atom is 0.225 e. The van der Waals surface area contributed by atoms with Gasteiger partial charge in [0, 0.05) is 43.5 Å². The Kier molecular flexibility index (Phi) is 3.89. The Morgan fingerprint density at radius 2 is 2.15 bits per heavy atom. The second-order valence-corrected chi connectivity index (χ2v) is 6.16. The monoisotopic (exact) mass is 276 g/mol. The van der Waals surface area contributed by atoms with Crippen molar-refractivity contribution in [3.63, 3.8) is 0 Å². The molecule has 1 aliphatic carbocycles. The number of fused-ring (bicyclic) bond motifs is 1. The van der Waals surface area contributed by atoms with Gasteiger partial charge in [0.15, 0.2) is 0 Å². The van der Waals surface area contributed by atoms with Crippen LogP contribution in [0.2, 0.25) is 0 Å². The Morgan fingerprint density at radius 3 is 2.90 bits per heavy atom. The van der Waals surface area contributed by atoms with Crippen LogP contribution in [0.15, 0.2) is 12.4 Å². The molecule has 5 nitrogen and oxygen atoms in total. The Hall–Kier alpha value is -1.20. The van der Waals surface area contributed by atoms with Gasteiger partial charge in [-0.15, -0.1) is 0 Å². The number of rotatable bonds is 3. The molecule has 0 aromatic carbocycles. The zero-order chi connectivity index (χ0) is 14.0. The van der Waals surface area contributed by atoms with E-state index < -0.39 is 5.60 Å². The van der Waals surface area contributed by atoms with Crippen LogP contribution in [-0.4, -0.2) is 40.8 Å². The summed E-state index contributed by atoms with van der Waals surface area (Å²) in [6.07, 6.45) is 9.13. The molecule has 2 heterocycles. The molecule has 2 atom stereocenters. The smallest absolute Gasteiger partial charge is 0.225 e. The quantitative estimate of drug-likeness (QED) is 0.872. The number of hydrogen-bond donors (Lipinski definition) is 2. The van der Waals surface area contributed by atoms with E-state index >= 15 is 0 Å². The number of nitrogens with zero attached hydrogens (tertiary/aromatic N) is 3. The predicted octanol–water partition coefficient (Wildman–Crippen LogP) is 1.33. The first kappa shape index (κ1) is 13.8. The fourth-order valence-corrected chi connectivity index (χ4v) is 3.56. The predicted molar refractivity (Wildman–Crippen MR) is 78.5 cm³/mol. The summed E-state index contributed by atoms with van der Waals surface area (Å²) in [6.45, 7) is 2.54. The van der Waals surface area contributed by atoms with Gasteiger partial charge in [-0.3, -0.25) is 0 Å². The summed E-state index contributed by atoms with van der Waals surface area (Å²) >= 11 is 0. The van der Waals surface area contributed by atoms with Crippen LogP contribution in [0.3, 0.4) is 0 Å². The van der Waals surface area contributed by atoms with Gasteiger partial charge in [-0.25, -0.2) is 9.97 Å². The molecular formula is C15H24N4O. The molecule has 1 aromatic rings. The van der Waals surface area contributed by atoms with Gasteiger partial charge in [0.25, 0.3) is 0 Å². The fraction of sp³-hybridized carbons (Fsp3) is 0.733. The maximum absolute atomic E-state index is 10.7. The first-order chi connectivity index (χ1) is 9.71. The molecule has 3 rings (SSSR count). The first-order valence-electron chi connectivity index (χ1n) is 7.64. The van der Waals surface area contributed by atoms with Crippen LogP contribution in [0.1, 0.15) is 37.7 Å². The molecule has 1 saturated carbocycles. The summed E-state index contributed by atoms with van der Waals surface area (Å²) < 4.78 is 0. The minimum atomic E-state index is -0.430. The lowest BCUT2D eigenvalue weighted by molar-refractivity contribution is -0.0614. The van der Waals surface area contributed by atoms with Gasteiger partial charge in [-0.1, -0.05) is 12.8 Å². The number of aliphatic hydroxyl groups is 1. The third-order valence-electron chi connectivity index (χ3n) is 4.78. The Balaban J connectivity index is 1.69. The third kappa shape index (κ3) is 2.65. The van der Waals surface area contributed by atoms with Crippen molar-refractivity contribution in [3.05, 3.63) is 18.0 Å². The molecule has 2 unspecified atom stereocenters. The second-order valence-electron chi connectivity index (χ2n) is 6.16. The normalized spacial score (nSPS) is 30.1. The van der Waals surface area contributed by atoms with Gasteiger partial charge in [0.2, 0.25) is 5.95 Å². The average molecular weight is 276 g/mol. The van der Waals surface area contributed by atoms with Gasteiger partial charge >= 0.3 is 0 Å². The molecule has 0 radical (unpaired) electrons. The number of aromatic nitrogens is 2. The summed E-state index contributed by atoms with van der Waals surface area (Å²) in [5.41, 5.74) is 0.670. The minimum absolute atomic E-state index is 0.380. The summed E-state index contributed by atoms with van der Waals surface area (Å²) in [5, 5.41) is 13.8. The molecule has 5 heteroatoms. The number of nitrogens with one attached hydrogen (secondary N) is 1. The van der Waals surface area contributed by atoms with E-state index in [1.807, 2.05) is 19.4 Å². The molecule has 2 aliphatic rings. The van der Waals surface area contributed by atoms with Crippen LogP contribution in [0.4, 0.5) is 5.95 Å². The highest BCUT2D eigenvalue weighted by Crippen LogP contribution is 2.40. The van der Waals surface area contributed by atoms with Crippen molar-refractivity contribution < 1.29 is 5.11 Å². The highest BCUT2D eigenvalue weighted by molar-refractivity contribution is 5.32. The van der Waals surface area contributed by atoms with E-state index in [1.54, 1.807) is 0 Å². The molecule has 1 saturated heterocycles. The molecule has 0 spiro atoms. The van der Waals surface area contributed by atoms with E-state index in [4.69, 9.17) is 0 Å². The van der Waals surface area contributed by atoms with Crippen molar-refractivity contribution in [1.29, 1.82) is 0 Å². The Labute approximate surface area is 120 Å². The van der Waals surface area contributed by atoms with Crippen LogP contribution in [-0.2, 0) is 6.54 Å². The van der Waals surface area contributed by atoms with Crippen molar-refractivity contribution in [3.8, 4) is 0 Å². The third-order valence-corrected chi connectivity index (χ3v) is 4.78. The van der Waals surface area contributed by atoms with Gasteiger partial charge in [0.05, 0.1) is 5.60 Å². The lowest BCUT2D eigenvalue weighted by Crippen LogP contribution is -2.53. The lowest BCUT2D eigenvalue weighted by Gasteiger charge is -2.47. The molecule has 2 fully saturated rings. The number of hydrogen-bond acceptors (Lipinski definition) is 5. The van der Waals surface area contributed by atoms with Crippen LogP contribution in [0, 0.1) is 5.92 Å². The molecule has 2 N–H and O–H groups in total. The summed E-state index contributed by atoms with van der Waals surface area (Å²) in [5.74, 6) is 1.18. The first-order valence-corrected chi connectivity index (χ1v) is 7.64. The topological polar surface area (TPSA) is 61.3 Å². The molecular weight excluding hydrogens is 252 g/mol. The summed E-state index contributed by atoms with van der Waals surface area (Å²) in [7, 11) is 1.92. The highest BCUT2D eigenvalue weighted by Gasteiger charge is 2.43. The van der Waals surface area contributed by atoms with E-state index in [9.17, 15) is 5.11 Å². The van der Waals surface area contributed by atoms with E-state index in [0.29, 0.717) is 5.92 Å². The van der Waals surface area contributed by atoms with E-state index in [2.05, 4.69) is 20.2 Å². The largest absolute Gasteiger partial charge is 0.389 e. The maximum atomic E-state index is 10.7. The number of anilines is 1. The number of piperidine rings is 1. The molecule has 110 valence electrons. The summed E-state index contributed by atoms with van der Waals surface area (Å²) in [6, 6.07) is 0. The van der Waals surface area contributed by atoms with E-state index in [-0.39, 0.29) is 0 Å². The SMILES string of the molecule is CNCc1cnc(N2CCC3(O)CCCCC3C2)nc1. The minimum Gasteiger partial charge on any atom is -0.389 e. The van der Waals surface area contributed by atoms with Gasteiger partial charge in [-0.05, 0) is 26.3 Å². The van der Waals surface area contributed by atoms with Crippen molar-refractivity contribution in [2.75, 3.05) is 25.0 Å². The lowest BCUT2D eigenvalue weighted by atomic mass is 9.71. The molecule has 0 bridgehead atoms. The fourth-order valence-electron chi connectivity index (χ4n) is 3.56. The molecule has 0 amide bonds. The van der Waals surface area contributed by atoms with E-state index in [1.165, 1.54) is 12.8 Å². The second kappa shape index (κ2) is 5.66. The van der Waals surface area contributed by atoms with Crippen molar-refractivity contribution >= 4 is 5.95 Å². The van der Waals surface area contributed by atoms with Crippen molar-refractivity contribution in [2.24, 2.45) is 5.92 Å². The van der Waals surface area contributed by atoms with Gasteiger partial charge in [0.1, 0.15) is 0 Å². The molecule has 20 heavy (non-hydrogen) atoms. The molecule has 1 aromatic heterocycles. The molecule has 1 aliphatic heterocycles. The highest BCUT2D eigenvalue weighted by atomic mass is 16.3.